The Balaban J connectivity index is 1.86. The Hall–Kier alpha value is -2.01. The minimum Gasteiger partial charge on any atom is -0.497 e. The van der Waals surface area contributed by atoms with Crippen LogP contribution in [0.25, 0.3) is 0 Å². The molecule has 1 aromatic heterocycles. The maximum absolute atomic E-state index is 6.00. The summed E-state index contributed by atoms with van der Waals surface area (Å²) in [6.07, 6.45) is 3.41. The summed E-state index contributed by atoms with van der Waals surface area (Å²) in [7, 11) is 3.48. The van der Waals surface area contributed by atoms with Crippen molar-refractivity contribution in [1.29, 1.82) is 0 Å². The fourth-order valence-electron chi connectivity index (χ4n) is 2.05. The van der Waals surface area contributed by atoms with Gasteiger partial charge in [-0.2, -0.15) is 0 Å². The summed E-state index contributed by atoms with van der Waals surface area (Å²) in [6.45, 7) is 0.805. The second-order valence-corrected chi connectivity index (χ2v) is 4.88. The van der Waals surface area contributed by atoms with Crippen molar-refractivity contribution in [3.05, 3.63) is 41.3 Å². The molecule has 1 aromatic carbocycles. The molecule has 1 heterocycles. The molecule has 0 bridgehead atoms. The van der Waals surface area contributed by atoms with Crippen molar-refractivity contribution in [2.45, 2.75) is 12.8 Å². The SMILES string of the molecule is CNc1c(Cl)ncnc1NCCCc1cccc(OC)c1. The largest absolute Gasteiger partial charge is 0.497 e. The summed E-state index contributed by atoms with van der Waals surface area (Å²) in [5, 5.41) is 6.70. The maximum atomic E-state index is 6.00. The van der Waals surface area contributed by atoms with Gasteiger partial charge in [-0.25, -0.2) is 9.97 Å². The predicted molar refractivity (Wildman–Crippen MR) is 86.4 cm³/mol. The van der Waals surface area contributed by atoms with E-state index in [9.17, 15) is 0 Å². The number of rotatable bonds is 7. The summed E-state index contributed by atoms with van der Waals surface area (Å²) in [4.78, 5) is 8.14. The second kappa shape index (κ2) is 7.69. The molecule has 2 rings (SSSR count). The van der Waals surface area contributed by atoms with Crippen molar-refractivity contribution in [3.8, 4) is 5.75 Å². The molecule has 0 unspecified atom stereocenters. The van der Waals surface area contributed by atoms with Crippen molar-refractivity contribution in [1.82, 2.24) is 9.97 Å². The van der Waals surface area contributed by atoms with Crippen molar-refractivity contribution in [2.24, 2.45) is 0 Å². The van der Waals surface area contributed by atoms with E-state index in [0.717, 1.165) is 36.6 Å². The zero-order chi connectivity index (χ0) is 15.1. The van der Waals surface area contributed by atoms with Crippen LogP contribution in [-0.2, 0) is 6.42 Å². The lowest BCUT2D eigenvalue weighted by molar-refractivity contribution is 0.414. The third kappa shape index (κ3) is 4.23. The number of hydrogen-bond acceptors (Lipinski definition) is 5. The lowest BCUT2D eigenvalue weighted by Crippen LogP contribution is -2.08. The highest BCUT2D eigenvalue weighted by Gasteiger charge is 2.07. The summed E-state index contributed by atoms with van der Waals surface area (Å²) in [5.41, 5.74) is 1.98. The van der Waals surface area contributed by atoms with E-state index in [1.54, 1.807) is 14.2 Å². The standard InChI is InChI=1S/C15H19ClN4O/c1-17-13-14(16)19-10-20-15(13)18-8-4-6-11-5-3-7-12(9-11)21-2/h3,5,7,9-10,17H,4,6,8H2,1-2H3,(H,18,19,20). The van der Waals surface area contributed by atoms with Gasteiger partial charge in [-0.3, -0.25) is 0 Å². The number of halogens is 1. The summed E-state index contributed by atoms with van der Waals surface area (Å²) in [5.74, 6) is 1.61. The lowest BCUT2D eigenvalue weighted by Gasteiger charge is -2.11. The topological polar surface area (TPSA) is 59.1 Å². The Bertz CT molecular complexity index is 592. The Morgan fingerprint density at radius 2 is 2.14 bits per heavy atom. The van der Waals surface area contributed by atoms with Gasteiger partial charge in [0, 0.05) is 13.6 Å². The van der Waals surface area contributed by atoms with Crippen LogP contribution in [0.2, 0.25) is 5.15 Å². The van der Waals surface area contributed by atoms with Gasteiger partial charge in [0.15, 0.2) is 11.0 Å². The zero-order valence-electron chi connectivity index (χ0n) is 12.2. The fraction of sp³-hybridized carbons (Fsp3) is 0.333. The van der Waals surface area contributed by atoms with Crippen LogP contribution in [0, 0.1) is 0 Å². The molecule has 0 spiro atoms. The highest BCUT2D eigenvalue weighted by molar-refractivity contribution is 6.32. The number of methoxy groups -OCH3 is 1. The number of nitrogens with zero attached hydrogens (tertiary/aromatic N) is 2. The molecule has 6 heteroatoms. The van der Waals surface area contributed by atoms with Gasteiger partial charge in [-0.15, -0.1) is 0 Å². The number of anilines is 2. The first kappa shape index (κ1) is 15.4. The third-order valence-corrected chi connectivity index (χ3v) is 3.41. The zero-order valence-corrected chi connectivity index (χ0v) is 12.9. The smallest absolute Gasteiger partial charge is 0.157 e. The first-order valence-electron chi connectivity index (χ1n) is 6.79. The minimum absolute atomic E-state index is 0.419. The molecule has 2 aromatic rings. The normalized spacial score (nSPS) is 10.2. The quantitative estimate of drug-likeness (QED) is 0.607. The number of aryl methyl sites for hydroxylation is 1. The van der Waals surface area contributed by atoms with Crippen LogP contribution >= 0.6 is 11.6 Å². The summed E-state index contributed by atoms with van der Waals surface area (Å²) < 4.78 is 5.22. The molecule has 21 heavy (non-hydrogen) atoms. The maximum Gasteiger partial charge on any atom is 0.157 e. The number of hydrogen-bond donors (Lipinski definition) is 2. The molecule has 112 valence electrons. The molecular weight excluding hydrogens is 288 g/mol. The molecule has 0 radical (unpaired) electrons. The van der Waals surface area contributed by atoms with E-state index in [1.165, 1.54) is 11.9 Å². The van der Waals surface area contributed by atoms with Crippen LogP contribution in [0.3, 0.4) is 0 Å². The average molecular weight is 307 g/mol. The highest BCUT2D eigenvalue weighted by atomic mass is 35.5. The van der Waals surface area contributed by atoms with Crippen molar-refractivity contribution in [3.63, 3.8) is 0 Å². The molecule has 0 aliphatic carbocycles. The van der Waals surface area contributed by atoms with Gasteiger partial charge in [-0.1, -0.05) is 23.7 Å². The number of ether oxygens (including phenoxy) is 1. The monoisotopic (exact) mass is 306 g/mol. The molecular formula is C15H19ClN4O. The fourth-order valence-corrected chi connectivity index (χ4v) is 2.27. The van der Waals surface area contributed by atoms with Gasteiger partial charge in [0.1, 0.15) is 17.8 Å². The van der Waals surface area contributed by atoms with Gasteiger partial charge < -0.3 is 15.4 Å². The van der Waals surface area contributed by atoms with Gasteiger partial charge in [-0.05, 0) is 30.5 Å². The number of aromatic nitrogens is 2. The van der Waals surface area contributed by atoms with E-state index in [-0.39, 0.29) is 0 Å². The highest BCUT2D eigenvalue weighted by Crippen LogP contribution is 2.25. The second-order valence-electron chi connectivity index (χ2n) is 4.52. The third-order valence-electron chi connectivity index (χ3n) is 3.12. The molecule has 5 nitrogen and oxygen atoms in total. The van der Waals surface area contributed by atoms with Crippen LogP contribution in [0.1, 0.15) is 12.0 Å². The molecule has 0 atom stereocenters. The molecule has 0 aliphatic heterocycles. The van der Waals surface area contributed by atoms with Gasteiger partial charge in [0.05, 0.1) is 7.11 Å². The average Bonchev–Trinajstić information content (AvgIpc) is 2.52. The Labute approximate surface area is 129 Å². The molecule has 0 saturated carbocycles. The number of benzene rings is 1. The van der Waals surface area contributed by atoms with Crippen LogP contribution < -0.4 is 15.4 Å². The minimum atomic E-state index is 0.419. The molecule has 0 amide bonds. The van der Waals surface area contributed by atoms with E-state index in [4.69, 9.17) is 16.3 Å². The van der Waals surface area contributed by atoms with Gasteiger partial charge >= 0.3 is 0 Å². The van der Waals surface area contributed by atoms with Crippen LogP contribution in [-0.4, -0.2) is 30.7 Å². The number of nitrogens with one attached hydrogen (secondary N) is 2. The Kier molecular flexibility index (Phi) is 5.63. The van der Waals surface area contributed by atoms with Crippen LogP contribution in [0.4, 0.5) is 11.5 Å². The Morgan fingerprint density at radius 3 is 2.90 bits per heavy atom. The van der Waals surface area contributed by atoms with E-state index in [2.05, 4.69) is 32.7 Å². The molecule has 0 saturated heterocycles. The van der Waals surface area contributed by atoms with E-state index < -0.39 is 0 Å². The summed E-state index contributed by atoms with van der Waals surface area (Å²) >= 11 is 6.00. The molecule has 0 aliphatic rings. The van der Waals surface area contributed by atoms with E-state index in [0.29, 0.717) is 5.15 Å². The first-order valence-corrected chi connectivity index (χ1v) is 7.17. The predicted octanol–water partition coefficient (Wildman–Crippen LogP) is 3.23. The van der Waals surface area contributed by atoms with Gasteiger partial charge in [0.2, 0.25) is 0 Å². The van der Waals surface area contributed by atoms with Crippen LogP contribution in [0.5, 0.6) is 5.75 Å². The van der Waals surface area contributed by atoms with Gasteiger partial charge in [0.25, 0.3) is 0 Å². The Morgan fingerprint density at radius 1 is 1.29 bits per heavy atom. The van der Waals surface area contributed by atoms with Crippen molar-refractivity contribution >= 4 is 23.1 Å². The summed E-state index contributed by atoms with van der Waals surface area (Å²) in [6, 6.07) is 8.11. The van der Waals surface area contributed by atoms with E-state index in [1.807, 2.05) is 12.1 Å². The molecule has 0 fully saturated rings. The van der Waals surface area contributed by atoms with Crippen molar-refractivity contribution < 1.29 is 4.74 Å². The first-order chi connectivity index (χ1) is 10.2. The van der Waals surface area contributed by atoms with Crippen LogP contribution in [0.15, 0.2) is 30.6 Å². The lowest BCUT2D eigenvalue weighted by atomic mass is 10.1. The molecule has 2 N–H and O–H groups in total. The van der Waals surface area contributed by atoms with Crippen molar-refractivity contribution in [2.75, 3.05) is 31.3 Å². The van der Waals surface area contributed by atoms with E-state index >= 15 is 0 Å².